The maximum Gasteiger partial charge on any atom is 0.320 e. The van der Waals surface area contributed by atoms with Crippen molar-refractivity contribution in [3.63, 3.8) is 0 Å². The molecule has 8 nitrogen and oxygen atoms in total. The SMILES string of the molecule is CC(=O)N(CCNC(=O)CC[C@H](N)C(=O)O)CCC(=O)C(C)C. The fraction of sp³-hybridized carbons (Fsp3) is 0.733. The van der Waals surface area contributed by atoms with Gasteiger partial charge in [-0.15, -0.1) is 0 Å². The molecule has 0 aliphatic carbocycles. The van der Waals surface area contributed by atoms with Crippen molar-refractivity contribution in [3.05, 3.63) is 0 Å². The first kappa shape index (κ1) is 21.0. The van der Waals surface area contributed by atoms with Gasteiger partial charge in [0.15, 0.2) is 0 Å². The molecular formula is C15H27N3O5. The second-order valence-corrected chi connectivity index (χ2v) is 5.71. The zero-order valence-corrected chi connectivity index (χ0v) is 14.0. The number of carbonyl (C=O) groups is 4. The van der Waals surface area contributed by atoms with Gasteiger partial charge in [0.05, 0.1) is 0 Å². The molecule has 0 saturated carbocycles. The summed E-state index contributed by atoms with van der Waals surface area (Å²) in [5.41, 5.74) is 5.31. The summed E-state index contributed by atoms with van der Waals surface area (Å²) in [4.78, 5) is 46.7. The Kier molecular flexibility index (Phi) is 9.80. The summed E-state index contributed by atoms with van der Waals surface area (Å²) in [6.45, 7) is 5.90. The van der Waals surface area contributed by atoms with E-state index in [9.17, 15) is 19.2 Å². The van der Waals surface area contributed by atoms with Crippen LogP contribution in [0.2, 0.25) is 0 Å². The highest BCUT2D eigenvalue weighted by Crippen LogP contribution is 2.01. The van der Waals surface area contributed by atoms with Gasteiger partial charge in [-0.25, -0.2) is 0 Å². The maximum atomic E-state index is 11.6. The Bertz CT molecular complexity index is 437. The van der Waals surface area contributed by atoms with E-state index >= 15 is 0 Å². The van der Waals surface area contributed by atoms with E-state index in [1.54, 1.807) is 0 Å². The summed E-state index contributed by atoms with van der Waals surface area (Å²) in [6, 6.07) is -1.06. The van der Waals surface area contributed by atoms with E-state index in [0.717, 1.165) is 0 Å². The number of carboxylic acids is 1. The predicted octanol–water partition coefficient (Wildman–Crippen LogP) is -0.242. The van der Waals surface area contributed by atoms with Crippen molar-refractivity contribution in [2.75, 3.05) is 19.6 Å². The Hall–Kier alpha value is -1.96. The number of aliphatic carboxylic acids is 1. The van der Waals surface area contributed by atoms with E-state index < -0.39 is 12.0 Å². The zero-order valence-electron chi connectivity index (χ0n) is 14.0. The van der Waals surface area contributed by atoms with Gasteiger partial charge in [-0.3, -0.25) is 19.2 Å². The normalized spacial score (nSPS) is 11.9. The van der Waals surface area contributed by atoms with Gasteiger partial charge in [-0.2, -0.15) is 0 Å². The number of carboxylic acid groups (broad SMARTS) is 1. The number of ketones is 1. The van der Waals surface area contributed by atoms with Crippen LogP contribution < -0.4 is 11.1 Å². The summed E-state index contributed by atoms with van der Waals surface area (Å²) in [6.07, 6.45) is 0.360. The van der Waals surface area contributed by atoms with Gasteiger partial charge >= 0.3 is 5.97 Å². The summed E-state index contributed by atoms with van der Waals surface area (Å²) < 4.78 is 0. The molecule has 0 unspecified atom stereocenters. The highest BCUT2D eigenvalue weighted by molar-refractivity contribution is 5.81. The number of carbonyl (C=O) groups excluding carboxylic acids is 3. The third-order valence-corrected chi connectivity index (χ3v) is 3.42. The number of hydrogen-bond donors (Lipinski definition) is 3. The van der Waals surface area contributed by atoms with Crippen LogP contribution in [0.3, 0.4) is 0 Å². The fourth-order valence-corrected chi connectivity index (χ4v) is 1.79. The number of Topliss-reactive ketones (excluding diaryl/α,β-unsaturated/α-hetero) is 1. The van der Waals surface area contributed by atoms with Gasteiger partial charge in [0.25, 0.3) is 0 Å². The topological polar surface area (TPSA) is 130 Å². The zero-order chi connectivity index (χ0) is 18.0. The van der Waals surface area contributed by atoms with E-state index in [1.165, 1.54) is 11.8 Å². The maximum absolute atomic E-state index is 11.6. The van der Waals surface area contributed by atoms with E-state index in [1.807, 2.05) is 13.8 Å². The van der Waals surface area contributed by atoms with Crippen LogP contribution >= 0.6 is 0 Å². The molecular weight excluding hydrogens is 302 g/mol. The van der Waals surface area contributed by atoms with Crippen LogP contribution in [0, 0.1) is 5.92 Å². The van der Waals surface area contributed by atoms with Gasteiger partial charge in [0.2, 0.25) is 11.8 Å². The number of amides is 2. The average molecular weight is 329 g/mol. The first-order valence-corrected chi connectivity index (χ1v) is 7.68. The first-order chi connectivity index (χ1) is 10.6. The molecule has 0 aromatic heterocycles. The van der Waals surface area contributed by atoms with Crippen molar-refractivity contribution < 1.29 is 24.3 Å². The van der Waals surface area contributed by atoms with E-state index in [2.05, 4.69) is 5.32 Å². The van der Waals surface area contributed by atoms with Crippen LogP contribution in [0.1, 0.15) is 40.0 Å². The Labute approximate surface area is 136 Å². The molecule has 4 N–H and O–H groups in total. The highest BCUT2D eigenvalue weighted by atomic mass is 16.4. The molecule has 0 aliphatic rings. The van der Waals surface area contributed by atoms with Crippen molar-refractivity contribution in [2.45, 2.75) is 46.1 Å². The third kappa shape index (κ3) is 9.62. The molecule has 1 atom stereocenters. The molecule has 2 amide bonds. The summed E-state index contributed by atoms with van der Waals surface area (Å²) in [5, 5.41) is 11.2. The molecule has 8 heteroatoms. The van der Waals surface area contributed by atoms with E-state index in [4.69, 9.17) is 10.8 Å². The van der Waals surface area contributed by atoms with Gasteiger partial charge in [-0.1, -0.05) is 13.8 Å². The van der Waals surface area contributed by atoms with Crippen LogP contribution in [0.25, 0.3) is 0 Å². The quantitative estimate of drug-likeness (QED) is 0.479. The smallest absolute Gasteiger partial charge is 0.320 e. The van der Waals surface area contributed by atoms with Crippen molar-refractivity contribution in [1.29, 1.82) is 0 Å². The number of rotatable bonds is 11. The van der Waals surface area contributed by atoms with Crippen molar-refractivity contribution in [1.82, 2.24) is 10.2 Å². The number of nitrogens with one attached hydrogen (secondary N) is 1. The van der Waals surface area contributed by atoms with Crippen LogP contribution in [0.15, 0.2) is 0 Å². The van der Waals surface area contributed by atoms with Crippen LogP contribution in [-0.4, -0.2) is 59.2 Å². The van der Waals surface area contributed by atoms with Crippen LogP contribution in [0.5, 0.6) is 0 Å². The summed E-state index contributed by atoms with van der Waals surface area (Å²) >= 11 is 0. The molecule has 0 rings (SSSR count). The third-order valence-electron chi connectivity index (χ3n) is 3.42. The van der Waals surface area contributed by atoms with Crippen LogP contribution in [-0.2, 0) is 19.2 Å². The van der Waals surface area contributed by atoms with Gasteiger partial charge in [0, 0.05) is 45.3 Å². The fourth-order valence-electron chi connectivity index (χ4n) is 1.79. The molecule has 0 spiro atoms. The first-order valence-electron chi connectivity index (χ1n) is 7.68. The molecule has 0 radical (unpaired) electrons. The van der Waals surface area contributed by atoms with Crippen LogP contribution in [0.4, 0.5) is 0 Å². The minimum atomic E-state index is -1.14. The standard InChI is InChI=1S/C15H27N3O5/c1-10(2)13(20)6-8-18(11(3)19)9-7-17-14(21)5-4-12(16)15(22)23/h10,12H,4-9,16H2,1-3H3,(H,17,21)(H,22,23)/t12-/m0/s1. The second-order valence-electron chi connectivity index (χ2n) is 5.71. The van der Waals surface area contributed by atoms with E-state index in [0.29, 0.717) is 19.5 Å². The van der Waals surface area contributed by atoms with E-state index in [-0.39, 0.29) is 42.9 Å². The molecule has 0 heterocycles. The highest BCUT2D eigenvalue weighted by Gasteiger charge is 2.15. The second kappa shape index (κ2) is 10.7. The molecule has 0 aromatic rings. The Balaban J connectivity index is 4.09. The molecule has 23 heavy (non-hydrogen) atoms. The van der Waals surface area contributed by atoms with Gasteiger partial charge in [0.1, 0.15) is 11.8 Å². The van der Waals surface area contributed by atoms with Crippen molar-refractivity contribution in [3.8, 4) is 0 Å². The monoisotopic (exact) mass is 329 g/mol. The lowest BCUT2D eigenvalue weighted by molar-refractivity contribution is -0.139. The summed E-state index contributed by atoms with van der Waals surface area (Å²) in [5.74, 6) is -1.60. The predicted molar refractivity (Wildman–Crippen MR) is 84.6 cm³/mol. The molecule has 132 valence electrons. The molecule has 0 aromatic carbocycles. The summed E-state index contributed by atoms with van der Waals surface area (Å²) in [7, 11) is 0. The Morgan fingerprint density at radius 1 is 1.13 bits per heavy atom. The Morgan fingerprint density at radius 3 is 2.22 bits per heavy atom. The van der Waals surface area contributed by atoms with Gasteiger partial charge in [-0.05, 0) is 6.42 Å². The lowest BCUT2D eigenvalue weighted by Gasteiger charge is -2.21. The Morgan fingerprint density at radius 2 is 1.74 bits per heavy atom. The largest absolute Gasteiger partial charge is 0.480 e. The lowest BCUT2D eigenvalue weighted by atomic mass is 10.1. The van der Waals surface area contributed by atoms with Crippen molar-refractivity contribution in [2.24, 2.45) is 11.7 Å². The molecule has 0 saturated heterocycles. The minimum absolute atomic E-state index is 0.0133. The molecule has 0 aliphatic heterocycles. The molecule has 0 bridgehead atoms. The number of hydrogen-bond acceptors (Lipinski definition) is 5. The average Bonchev–Trinajstić information content (AvgIpc) is 2.46. The number of nitrogens with two attached hydrogens (primary N) is 1. The van der Waals surface area contributed by atoms with Gasteiger partial charge < -0.3 is 21.1 Å². The minimum Gasteiger partial charge on any atom is -0.480 e. The number of nitrogens with zero attached hydrogens (tertiary/aromatic N) is 1. The molecule has 0 fully saturated rings. The lowest BCUT2D eigenvalue weighted by Crippen LogP contribution is -2.39. The van der Waals surface area contributed by atoms with Crippen molar-refractivity contribution >= 4 is 23.6 Å².